The minimum Gasteiger partial charge on any atom is -0.311 e. The van der Waals surface area contributed by atoms with Crippen molar-refractivity contribution in [3.05, 3.63) is 30.3 Å². The molecule has 0 aliphatic rings. The van der Waals surface area contributed by atoms with Crippen molar-refractivity contribution in [2.45, 2.75) is 31.9 Å². The summed E-state index contributed by atoms with van der Waals surface area (Å²) in [5.74, 6) is -0.359. The molecule has 0 radical (unpaired) electrons. The van der Waals surface area contributed by atoms with Crippen LogP contribution < -0.4 is 4.90 Å². The van der Waals surface area contributed by atoms with E-state index in [1.165, 1.54) is 6.92 Å². The van der Waals surface area contributed by atoms with Crippen molar-refractivity contribution in [1.29, 1.82) is 0 Å². The molecule has 0 N–H and O–H groups in total. The maximum atomic E-state index is 12.3. The smallest absolute Gasteiger partial charge is 0.245 e. The summed E-state index contributed by atoms with van der Waals surface area (Å²) in [5.41, 5.74) is 0.747. The SMILES string of the molecule is CCCCN(C(=O)C(C)S(C)(=O)=O)c1ccccc1. The second-order valence-electron chi connectivity index (χ2n) is 4.65. The van der Waals surface area contributed by atoms with E-state index in [9.17, 15) is 13.2 Å². The van der Waals surface area contributed by atoms with Crippen molar-refractivity contribution >= 4 is 21.4 Å². The number of carbonyl (C=O) groups excluding carboxylic acids is 1. The lowest BCUT2D eigenvalue weighted by atomic mass is 10.2. The summed E-state index contributed by atoms with van der Waals surface area (Å²) in [6.07, 6.45) is 2.89. The maximum absolute atomic E-state index is 12.3. The first-order chi connectivity index (χ1) is 8.88. The Kier molecular flexibility index (Phi) is 5.54. The number of para-hydroxylation sites is 1. The Morgan fingerprint density at radius 1 is 1.26 bits per heavy atom. The highest BCUT2D eigenvalue weighted by Crippen LogP contribution is 2.17. The molecular weight excluding hydrogens is 262 g/mol. The van der Waals surface area contributed by atoms with Gasteiger partial charge in [0.1, 0.15) is 5.25 Å². The van der Waals surface area contributed by atoms with E-state index >= 15 is 0 Å². The van der Waals surface area contributed by atoms with Crippen molar-refractivity contribution in [1.82, 2.24) is 0 Å². The Bertz CT molecular complexity index is 511. The lowest BCUT2D eigenvalue weighted by Crippen LogP contribution is -2.42. The van der Waals surface area contributed by atoms with Crippen molar-refractivity contribution in [2.24, 2.45) is 0 Å². The molecular formula is C14H21NO3S. The monoisotopic (exact) mass is 283 g/mol. The van der Waals surface area contributed by atoms with Gasteiger partial charge in [-0.2, -0.15) is 0 Å². The zero-order chi connectivity index (χ0) is 14.5. The van der Waals surface area contributed by atoms with Crippen LogP contribution in [0.4, 0.5) is 5.69 Å². The summed E-state index contributed by atoms with van der Waals surface area (Å²) in [4.78, 5) is 13.9. The van der Waals surface area contributed by atoms with Gasteiger partial charge in [-0.15, -0.1) is 0 Å². The fourth-order valence-corrected chi connectivity index (χ4v) is 2.19. The van der Waals surface area contributed by atoms with Gasteiger partial charge in [-0.25, -0.2) is 8.42 Å². The molecule has 0 heterocycles. The van der Waals surface area contributed by atoms with Crippen molar-refractivity contribution in [2.75, 3.05) is 17.7 Å². The molecule has 0 aliphatic heterocycles. The van der Waals surface area contributed by atoms with E-state index in [1.807, 2.05) is 37.3 Å². The van der Waals surface area contributed by atoms with Crippen molar-refractivity contribution in [3.8, 4) is 0 Å². The first-order valence-electron chi connectivity index (χ1n) is 6.43. The molecule has 1 atom stereocenters. The topological polar surface area (TPSA) is 54.5 Å². The number of nitrogens with zero attached hydrogens (tertiary/aromatic N) is 1. The summed E-state index contributed by atoms with van der Waals surface area (Å²) in [5, 5.41) is -1.01. The van der Waals surface area contributed by atoms with Gasteiger partial charge in [-0.1, -0.05) is 31.5 Å². The standard InChI is InChI=1S/C14H21NO3S/c1-4-5-11-15(13-9-7-6-8-10-13)14(16)12(2)19(3,17)18/h6-10,12H,4-5,11H2,1-3H3. The molecule has 0 saturated carbocycles. The molecule has 1 amide bonds. The number of hydrogen-bond donors (Lipinski definition) is 0. The molecule has 1 aromatic carbocycles. The molecule has 1 rings (SSSR count). The van der Waals surface area contributed by atoms with Crippen molar-refractivity contribution < 1.29 is 13.2 Å². The fourth-order valence-electron chi connectivity index (χ4n) is 1.69. The Morgan fingerprint density at radius 2 is 1.84 bits per heavy atom. The molecule has 19 heavy (non-hydrogen) atoms. The summed E-state index contributed by atoms with van der Waals surface area (Å²) in [7, 11) is -3.37. The molecule has 106 valence electrons. The van der Waals surface area contributed by atoms with Crippen LogP contribution in [0.15, 0.2) is 30.3 Å². The largest absolute Gasteiger partial charge is 0.311 e. The normalized spacial score (nSPS) is 13.0. The van der Waals surface area contributed by atoms with Gasteiger partial charge < -0.3 is 4.90 Å². The van der Waals surface area contributed by atoms with Crippen LogP contribution in [0.5, 0.6) is 0 Å². The third-order valence-electron chi connectivity index (χ3n) is 3.06. The highest BCUT2D eigenvalue weighted by Gasteiger charge is 2.28. The van der Waals surface area contributed by atoms with Crippen LogP contribution in [0, 0.1) is 0 Å². The van der Waals surface area contributed by atoms with E-state index in [0.29, 0.717) is 6.54 Å². The number of anilines is 1. The van der Waals surface area contributed by atoms with Crippen LogP contribution in [0.25, 0.3) is 0 Å². The van der Waals surface area contributed by atoms with Crippen LogP contribution in [0.1, 0.15) is 26.7 Å². The Labute approximate surface area is 115 Å². The molecule has 1 unspecified atom stereocenters. The van der Waals surface area contributed by atoms with E-state index in [0.717, 1.165) is 24.8 Å². The lowest BCUT2D eigenvalue weighted by molar-refractivity contribution is -0.118. The number of unbranched alkanes of at least 4 members (excludes halogenated alkanes) is 1. The number of sulfone groups is 1. The van der Waals surface area contributed by atoms with Gasteiger partial charge in [0.15, 0.2) is 9.84 Å². The first-order valence-corrected chi connectivity index (χ1v) is 8.38. The highest BCUT2D eigenvalue weighted by molar-refractivity contribution is 7.92. The molecule has 5 heteroatoms. The minimum atomic E-state index is -3.37. The third-order valence-corrected chi connectivity index (χ3v) is 4.55. The van der Waals surface area contributed by atoms with Crippen LogP contribution >= 0.6 is 0 Å². The zero-order valence-corrected chi connectivity index (χ0v) is 12.5. The Balaban J connectivity index is 3.01. The average Bonchev–Trinajstić information content (AvgIpc) is 2.38. The summed E-state index contributed by atoms with van der Waals surface area (Å²) >= 11 is 0. The van der Waals surface area contributed by atoms with Gasteiger partial charge in [-0.3, -0.25) is 4.79 Å². The molecule has 0 fully saturated rings. The Morgan fingerprint density at radius 3 is 2.32 bits per heavy atom. The second-order valence-corrected chi connectivity index (χ2v) is 7.02. The molecule has 0 saturated heterocycles. The molecule has 0 spiro atoms. The highest BCUT2D eigenvalue weighted by atomic mass is 32.2. The lowest BCUT2D eigenvalue weighted by Gasteiger charge is -2.25. The second kappa shape index (κ2) is 6.70. The average molecular weight is 283 g/mol. The van der Waals surface area contributed by atoms with Gasteiger partial charge >= 0.3 is 0 Å². The molecule has 1 aromatic rings. The van der Waals surface area contributed by atoms with Gasteiger partial charge in [0.2, 0.25) is 5.91 Å². The fraction of sp³-hybridized carbons (Fsp3) is 0.500. The van der Waals surface area contributed by atoms with Crippen LogP contribution in [-0.4, -0.2) is 32.4 Å². The van der Waals surface area contributed by atoms with Gasteiger partial charge in [0, 0.05) is 18.5 Å². The summed E-state index contributed by atoms with van der Waals surface area (Å²) in [6.45, 7) is 4.02. The molecule has 0 bridgehead atoms. The summed E-state index contributed by atoms with van der Waals surface area (Å²) < 4.78 is 23.1. The molecule has 0 aromatic heterocycles. The Hall–Kier alpha value is -1.36. The van der Waals surface area contributed by atoms with E-state index in [2.05, 4.69) is 0 Å². The quantitative estimate of drug-likeness (QED) is 0.804. The van der Waals surface area contributed by atoms with E-state index < -0.39 is 15.1 Å². The number of benzene rings is 1. The number of hydrogen-bond acceptors (Lipinski definition) is 3. The van der Waals surface area contributed by atoms with Crippen LogP contribution in [0.2, 0.25) is 0 Å². The summed E-state index contributed by atoms with van der Waals surface area (Å²) in [6, 6.07) is 9.19. The van der Waals surface area contributed by atoms with Gasteiger partial charge in [0.25, 0.3) is 0 Å². The number of rotatable bonds is 6. The van der Waals surface area contributed by atoms with Crippen LogP contribution in [0.3, 0.4) is 0 Å². The van der Waals surface area contributed by atoms with Gasteiger partial charge in [-0.05, 0) is 25.5 Å². The molecule has 0 aliphatic carbocycles. The van der Waals surface area contributed by atoms with E-state index in [1.54, 1.807) is 4.90 Å². The molecule has 4 nitrogen and oxygen atoms in total. The maximum Gasteiger partial charge on any atom is 0.245 e. The minimum absolute atomic E-state index is 0.359. The van der Waals surface area contributed by atoms with Crippen molar-refractivity contribution in [3.63, 3.8) is 0 Å². The van der Waals surface area contributed by atoms with Gasteiger partial charge in [0.05, 0.1) is 0 Å². The zero-order valence-electron chi connectivity index (χ0n) is 11.7. The van der Waals surface area contributed by atoms with E-state index in [4.69, 9.17) is 0 Å². The third kappa shape index (κ3) is 4.35. The first kappa shape index (κ1) is 15.7. The number of amides is 1. The van der Waals surface area contributed by atoms with Crippen LogP contribution in [-0.2, 0) is 14.6 Å². The predicted molar refractivity (Wildman–Crippen MR) is 78.0 cm³/mol. The number of carbonyl (C=O) groups is 1. The van der Waals surface area contributed by atoms with E-state index in [-0.39, 0.29) is 5.91 Å². The predicted octanol–water partition coefficient (Wildman–Crippen LogP) is 2.25.